The second-order valence-electron chi connectivity index (χ2n) is 5.05. The molecular weight excluding hydrogens is 256 g/mol. The minimum absolute atomic E-state index is 0.0310. The van der Waals surface area contributed by atoms with Crippen molar-refractivity contribution in [3.63, 3.8) is 0 Å². The first-order chi connectivity index (χ1) is 9.74. The number of aryl methyl sites for hydroxylation is 2. The van der Waals surface area contributed by atoms with Crippen LogP contribution in [0.1, 0.15) is 29.6 Å². The Kier molecular flexibility index (Phi) is 3.60. The van der Waals surface area contributed by atoms with Gasteiger partial charge in [-0.1, -0.05) is 0 Å². The Hall–Kier alpha value is -2.02. The van der Waals surface area contributed by atoms with Crippen molar-refractivity contribution in [3.8, 4) is 0 Å². The molecule has 1 aliphatic rings. The van der Waals surface area contributed by atoms with E-state index in [4.69, 9.17) is 4.74 Å². The molecule has 3 heterocycles. The van der Waals surface area contributed by atoms with Gasteiger partial charge in [0.1, 0.15) is 12.4 Å². The van der Waals surface area contributed by atoms with Gasteiger partial charge in [0.15, 0.2) is 5.82 Å². The third-order valence-electron chi connectivity index (χ3n) is 3.66. The number of nitrogens with one attached hydrogen (secondary N) is 2. The third-order valence-corrected chi connectivity index (χ3v) is 3.66. The molecule has 3 rings (SSSR count). The van der Waals surface area contributed by atoms with Crippen molar-refractivity contribution in [2.45, 2.75) is 26.4 Å². The van der Waals surface area contributed by atoms with Gasteiger partial charge in [-0.25, -0.2) is 15.0 Å². The Morgan fingerprint density at radius 3 is 3.05 bits per heavy atom. The molecule has 0 amide bonds. The van der Waals surface area contributed by atoms with Crippen LogP contribution < -0.4 is 5.32 Å². The standard InChI is InChI=1S/C13H18N6O/c1-8-5-14-13(18-9(8)2)15-6-10-3-4-20-11(10)12-16-7-17-19-12/h5,7,10-11H,3-4,6H2,1-2H3,(H,14,15,18)(H,16,17,19)/t10-,11-/m0/s1. The topological polar surface area (TPSA) is 88.6 Å². The highest BCUT2D eigenvalue weighted by molar-refractivity contribution is 5.28. The molecule has 0 unspecified atom stereocenters. The highest BCUT2D eigenvalue weighted by Gasteiger charge is 2.31. The number of aromatic nitrogens is 5. The summed E-state index contributed by atoms with van der Waals surface area (Å²) in [6.45, 7) is 5.49. The summed E-state index contributed by atoms with van der Waals surface area (Å²) in [6.07, 6.45) is 4.30. The first-order valence-electron chi connectivity index (χ1n) is 6.75. The van der Waals surface area contributed by atoms with E-state index in [2.05, 4.69) is 30.5 Å². The van der Waals surface area contributed by atoms with E-state index in [1.54, 1.807) is 0 Å². The smallest absolute Gasteiger partial charge is 0.222 e. The lowest BCUT2D eigenvalue weighted by molar-refractivity contribution is 0.0864. The van der Waals surface area contributed by atoms with E-state index < -0.39 is 0 Å². The average Bonchev–Trinajstić information content (AvgIpc) is 3.09. The van der Waals surface area contributed by atoms with E-state index in [1.165, 1.54) is 6.33 Å². The zero-order chi connectivity index (χ0) is 13.9. The summed E-state index contributed by atoms with van der Waals surface area (Å²) in [4.78, 5) is 12.9. The lowest BCUT2D eigenvalue weighted by Crippen LogP contribution is -2.20. The molecular formula is C13H18N6O. The summed E-state index contributed by atoms with van der Waals surface area (Å²) in [7, 11) is 0. The summed E-state index contributed by atoms with van der Waals surface area (Å²) in [5.74, 6) is 1.79. The van der Waals surface area contributed by atoms with Crippen molar-refractivity contribution in [1.29, 1.82) is 0 Å². The Bertz CT molecular complexity index is 570. The van der Waals surface area contributed by atoms with Crippen LogP contribution in [0.4, 0.5) is 5.95 Å². The number of anilines is 1. The van der Waals surface area contributed by atoms with Crippen molar-refractivity contribution < 1.29 is 4.74 Å². The highest BCUT2D eigenvalue weighted by atomic mass is 16.5. The first-order valence-corrected chi connectivity index (χ1v) is 6.75. The predicted molar refractivity (Wildman–Crippen MR) is 73.2 cm³/mol. The molecule has 7 heteroatoms. The second-order valence-corrected chi connectivity index (χ2v) is 5.05. The van der Waals surface area contributed by atoms with Gasteiger partial charge in [0, 0.05) is 31.0 Å². The van der Waals surface area contributed by atoms with Gasteiger partial charge in [0.25, 0.3) is 0 Å². The normalized spacial score (nSPS) is 22.1. The van der Waals surface area contributed by atoms with Gasteiger partial charge in [-0.15, -0.1) is 0 Å². The maximum Gasteiger partial charge on any atom is 0.222 e. The first kappa shape index (κ1) is 13.0. The van der Waals surface area contributed by atoms with Gasteiger partial charge in [-0.3, -0.25) is 5.10 Å². The van der Waals surface area contributed by atoms with Crippen LogP contribution in [-0.2, 0) is 4.74 Å². The SMILES string of the molecule is Cc1cnc(NC[C@@H]2CCO[C@@H]2c2ncn[nH]2)nc1C. The molecule has 0 spiro atoms. The monoisotopic (exact) mass is 274 g/mol. The maximum absolute atomic E-state index is 5.73. The molecule has 0 bridgehead atoms. The number of aromatic amines is 1. The second kappa shape index (κ2) is 5.54. The van der Waals surface area contributed by atoms with Crippen LogP contribution in [0.2, 0.25) is 0 Å². The Labute approximate surface area is 117 Å². The number of hydrogen-bond donors (Lipinski definition) is 2. The molecule has 2 aromatic rings. The third kappa shape index (κ3) is 2.62. The molecule has 7 nitrogen and oxygen atoms in total. The largest absolute Gasteiger partial charge is 0.370 e. The van der Waals surface area contributed by atoms with Crippen molar-refractivity contribution in [1.82, 2.24) is 25.1 Å². The van der Waals surface area contributed by atoms with Gasteiger partial charge in [0.2, 0.25) is 5.95 Å². The Morgan fingerprint density at radius 1 is 1.40 bits per heavy atom. The van der Waals surface area contributed by atoms with E-state index in [0.717, 1.165) is 36.7 Å². The molecule has 2 N–H and O–H groups in total. The minimum atomic E-state index is -0.0310. The fourth-order valence-electron chi connectivity index (χ4n) is 2.33. The summed E-state index contributed by atoms with van der Waals surface area (Å²) < 4.78 is 5.73. The van der Waals surface area contributed by atoms with Crippen molar-refractivity contribution in [2.75, 3.05) is 18.5 Å². The van der Waals surface area contributed by atoms with Gasteiger partial charge < -0.3 is 10.1 Å². The van der Waals surface area contributed by atoms with Gasteiger partial charge in [-0.05, 0) is 25.8 Å². The number of rotatable bonds is 4. The average molecular weight is 274 g/mol. The van der Waals surface area contributed by atoms with E-state index in [0.29, 0.717) is 11.9 Å². The lowest BCUT2D eigenvalue weighted by atomic mass is 10.0. The zero-order valence-corrected chi connectivity index (χ0v) is 11.6. The van der Waals surface area contributed by atoms with Gasteiger partial charge in [-0.2, -0.15) is 5.10 Å². The van der Waals surface area contributed by atoms with E-state index in [1.807, 2.05) is 20.0 Å². The number of ether oxygens (including phenoxy) is 1. The van der Waals surface area contributed by atoms with Crippen LogP contribution >= 0.6 is 0 Å². The van der Waals surface area contributed by atoms with Crippen LogP contribution in [-0.4, -0.2) is 38.3 Å². The summed E-state index contributed by atoms with van der Waals surface area (Å²) in [5, 5.41) is 10.0. The van der Waals surface area contributed by atoms with Crippen LogP contribution in [0.15, 0.2) is 12.5 Å². The van der Waals surface area contributed by atoms with Gasteiger partial charge in [0.05, 0.1) is 0 Å². The van der Waals surface area contributed by atoms with Crippen LogP contribution in [0.5, 0.6) is 0 Å². The van der Waals surface area contributed by atoms with Crippen LogP contribution in [0.3, 0.4) is 0 Å². The molecule has 0 radical (unpaired) electrons. The molecule has 0 saturated carbocycles. The summed E-state index contributed by atoms with van der Waals surface area (Å²) >= 11 is 0. The van der Waals surface area contributed by atoms with Crippen molar-refractivity contribution >= 4 is 5.95 Å². The molecule has 1 saturated heterocycles. The summed E-state index contributed by atoms with van der Waals surface area (Å²) in [5.41, 5.74) is 2.09. The molecule has 1 aliphatic heterocycles. The molecule has 0 aromatic carbocycles. The molecule has 0 aliphatic carbocycles. The van der Waals surface area contributed by atoms with Crippen LogP contribution in [0, 0.1) is 19.8 Å². The minimum Gasteiger partial charge on any atom is -0.370 e. The van der Waals surface area contributed by atoms with E-state index in [-0.39, 0.29) is 6.10 Å². The molecule has 2 aromatic heterocycles. The molecule has 106 valence electrons. The zero-order valence-electron chi connectivity index (χ0n) is 11.6. The molecule has 1 fully saturated rings. The Morgan fingerprint density at radius 2 is 2.30 bits per heavy atom. The van der Waals surface area contributed by atoms with E-state index >= 15 is 0 Å². The fourth-order valence-corrected chi connectivity index (χ4v) is 2.33. The maximum atomic E-state index is 5.73. The predicted octanol–water partition coefficient (Wildman–Crippen LogP) is 1.40. The quantitative estimate of drug-likeness (QED) is 0.876. The number of nitrogens with zero attached hydrogens (tertiary/aromatic N) is 4. The highest BCUT2D eigenvalue weighted by Crippen LogP contribution is 2.32. The Balaban J connectivity index is 1.64. The summed E-state index contributed by atoms with van der Waals surface area (Å²) in [6, 6.07) is 0. The number of hydrogen-bond acceptors (Lipinski definition) is 6. The van der Waals surface area contributed by atoms with E-state index in [9.17, 15) is 0 Å². The fraction of sp³-hybridized carbons (Fsp3) is 0.538. The molecule has 2 atom stereocenters. The van der Waals surface area contributed by atoms with Gasteiger partial charge >= 0.3 is 0 Å². The lowest BCUT2D eigenvalue weighted by Gasteiger charge is -2.16. The van der Waals surface area contributed by atoms with Crippen molar-refractivity contribution in [2.24, 2.45) is 5.92 Å². The molecule has 20 heavy (non-hydrogen) atoms. The van der Waals surface area contributed by atoms with Crippen LogP contribution in [0.25, 0.3) is 0 Å². The van der Waals surface area contributed by atoms with Crippen molar-refractivity contribution in [3.05, 3.63) is 29.6 Å². The number of H-pyrrole nitrogens is 1.